The summed E-state index contributed by atoms with van der Waals surface area (Å²) in [5.74, 6) is -1.46. The van der Waals surface area contributed by atoms with Crippen LogP contribution in [0.1, 0.15) is 0 Å². The zero-order valence-corrected chi connectivity index (χ0v) is 7.70. The Balaban J connectivity index is 2.53. The molecule has 82 valence electrons. The molecule has 0 aromatic carbocycles. The van der Waals surface area contributed by atoms with E-state index in [9.17, 15) is 15.0 Å². The molecule has 0 aliphatic carbocycles. The number of rotatable bonds is 3. The first-order valence-electron chi connectivity index (χ1n) is 4.45. The number of carboxylic acid groups (broad SMARTS) is 1. The van der Waals surface area contributed by atoms with Crippen LogP contribution in [0, 0.1) is 5.92 Å². The summed E-state index contributed by atoms with van der Waals surface area (Å²) in [6.07, 6.45) is -1.95. The molecular weight excluding hydrogens is 190 g/mol. The van der Waals surface area contributed by atoms with E-state index in [2.05, 4.69) is 0 Å². The second kappa shape index (κ2) is 4.70. The molecule has 6 nitrogen and oxygen atoms in total. The van der Waals surface area contributed by atoms with Gasteiger partial charge in [-0.2, -0.15) is 0 Å². The van der Waals surface area contributed by atoms with Crippen LogP contribution < -0.4 is 0 Å². The minimum absolute atomic E-state index is 0.129. The van der Waals surface area contributed by atoms with Crippen molar-refractivity contribution in [3.63, 3.8) is 0 Å². The summed E-state index contributed by atoms with van der Waals surface area (Å²) in [5, 5.41) is 36.2. The maximum atomic E-state index is 10.4. The Labute approximate surface area is 81.4 Å². The van der Waals surface area contributed by atoms with Gasteiger partial charge in [0.15, 0.2) is 0 Å². The Bertz CT molecular complexity index is 210. The molecule has 3 atom stereocenters. The van der Waals surface area contributed by atoms with E-state index in [0.717, 1.165) is 0 Å². The molecule has 0 aromatic rings. The molecule has 0 aromatic heterocycles. The summed E-state index contributed by atoms with van der Waals surface area (Å²) in [4.78, 5) is 11.9. The van der Waals surface area contributed by atoms with Gasteiger partial charge in [-0.1, -0.05) is 0 Å². The van der Waals surface area contributed by atoms with Gasteiger partial charge in [0.25, 0.3) is 0 Å². The topological polar surface area (TPSA) is 101 Å². The van der Waals surface area contributed by atoms with Crippen molar-refractivity contribution in [2.75, 3.05) is 26.2 Å². The third-order valence-corrected chi connectivity index (χ3v) is 2.41. The summed E-state index contributed by atoms with van der Waals surface area (Å²) >= 11 is 0. The molecule has 0 bridgehead atoms. The molecular formula is C8H15NO5. The smallest absolute Gasteiger partial charge is 0.317 e. The molecule has 4 N–H and O–H groups in total. The minimum atomic E-state index is -0.986. The highest BCUT2D eigenvalue weighted by Gasteiger charge is 2.34. The number of carboxylic acids is 1. The summed E-state index contributed by atoms with van der Waals surface area (Å²) in [5.41, 5.74) is 0. The van der Waals surface area contributed by atoms with Gasteiger partial charge in [-0.25, -0.2) is 0 Å². The van der Waals surface area contributed by atoms with Crippen molar-refractivity contribution in [2.45, 2.75) is 12.2 Å². The molecule has 0 radical (unpaired) electrons. The monoisotopic (exact) mass is 205 g/mol. The lowest BCUT2D eigenvalue weighted by molar-refractivity contribution is -0.142. The van der Waals surface area contributed by atoms with Gasteiger partial charge in [-0.05, 0) is 0 Å². The molecule has 1 aliphatic rings. The van der Waals surface area contributed by atoms with Crippen LogP contribution in [0.2, 0.25) is 0 Å². The number of aliphatic hydroxyl groups excluding tert-OH is 3. The van der Waals surface area contributed by atoms with Crippen LogP contribution in [-0.4, -0.2) is 69.7 Å². The second-order valence-electron chi connectivity index (χ2n) is 3.59. The number of β-amino-alcohol motifs (C(OH)–C–C–N with tert-alkyl or cyclic N) is 1. The van der Waals surface area contributed by atoms with E-state index >= 15 is 0 Å². The van der Waals surface area contributed by atoms with Gasteiger partial charge in [-0.3, -0.25) is 9.69 Å². The molecule has 1 heterocycles. The average Bonchev–Trinajstić information content (AvgIpc) is 2.10. The first-order valence-corrected chi connectivity index (χ1v) is 4.45. The summed E-state index contributed by atoms with van der Waals surface area (Å²) in [6, 6.07) is 0. The quantitative estimate of drug-likeness (QED) is 0.414. The van der Waals surface area contributed by atoms with Crippen molar-refractivity contribution in [1.29, 1.82) is 0 Å². The molecule has 6 heteroatoms. The Morgan fingerprint density at radius 3 is 2.50 bits per heavy atom. The zero-order chi connectivity index (χ0) is 10.7. The van der Waals surface area contributed by atoms with E-state index in [1.807, 2.05) is 0 Å². The maximum Gasteiger partial charge on any atom is 0.317 e. The van der Waals surface area contributed by atoms with Crippen LogP contribution in [0.4, 0.5) is 0 Å². The first kappa shape index (κ1) is 11.4. The number of hydrogen-bond donors (Lipinski definition) is 4. The molecule has 0 spiro atoms. The van der Waals surface area contributed by atoms with Crippen LogP contribution >= 0.6 is 0 Å². The van der Waals surface area contributed by atoms with E-state index in [-0.39, 0.29) is 19.7 Å². The van der Waals surface area contributed by atoms with E-state index < -0.39 is 24.1 Å². The summed E-state index contributed by atoms with van der Waals surface area (Å²) in [6.45, 7) is -0.0143. The number of piperidine rings is 1. The van der Waals surface area contributed by atoms with Gasteiger partial charge in [0.2, 0.25) is 0 Å². The SMILES string of the molecule is O=C(O)CN1C[C@H](CO)[C@@H](O)[C@H](O)C1. The highest BCUT2D eigenvalue weighted by atomic mass is 16.4. The lowest BCUT2D eigenvalue weighted by Crippen LogP contribution is -2.54. The summed E-state index contributed by atoms with van der Waals surface area (Å²) in [7, 11) is 0. The van der Waals surface area contributed by atoms with E-state index in [0.29, 0.717) is 6.54 Å². The van der Waals surface area contributed by atoms with Gasteiger partial charge < -0.3 is 20.4 Å². The van der Waals surface area contributed by atoms with Crippen molar-refractivity contribution in [2.24, 2.45) is 5.92 Å². The third-order valence-electron chi connectivity index (χ3n) is 2.41. The Hall–Kier alpha value is -0.690. The van der Waals surface area contributed by atoms with Crippen molar-refractivity contribution in [3.05, 3.63) is 0 Å². The van der Waals surface area contributed by atoms with Crippen LogP contribution in [0.3, 0.4) is 0 Å². The Morgan fingerprint density at radius 2 is 2.00 bits per heavy atom. The maximum absolute atomic E-state index is 10.4. The van der Waals surface area contributed by atoms with Crippen molar-refractivity contribution in [1.82, 2.24) is 4.90 Å². The predicted molar refractivity (Wildman–Crippen MR) is 46.7 cm³/mol. The number of likely N-dealkylation sites (tertiary alicyclic amines) is 1. The standard InChI is InChI=1S/C8H15NO5/c10-4-5-1-9(3-7(12)13)2-6(11)8(5)14/h5-6,8,10-11,14H,1-4H2,(H,12,13)/t5-,6-,8-/m1/s1. The average molecular weight is 205 g/mol. The number of hydrogen-bond acceptors (Lipinski definition) is 5. The molecule has 1 rings (SSSR count). The van der Waals surface area contributed by atoms with Crippen LogP contribution in [0.5, 0.6) is 0 Å². The van der Waals surface area contributed by atoms with E-state index in [4.69, 9.17) is 10.2 Å². The zero-order valence-electron chi connectivity index (χ0n) is 7.70. The van der Waals surface area contributed by atoms with E-state index in [1.54, 1.807) is 0 Å². The predicted octanol–water partition coefficient (Wildman–Crippen LogP) is -2.28. The molecule has 0 saturated carbocycles. The Kier molecular flexibility index (Phi) is 3.82. The largest absolute Gasteiger partial charge is 0.480 e. The highest BCUT2D eigenvalue weighted by molar-refractivity contribution is 5.69. The molecule has 1 fully saturated rings. The van der Waals surface area contributed by atoms with Crippen LogP contribution in [-0.2, 0) is 4.79 Å². The van der Waals surface area contributed by atoms with Crippen molar-refractivity contribution < 1.29 is 25.2 Å². The normalized spacial score (nSPS) is 34.4. The first-order chi connectivity index (χ1) is 6.54. The fourth-order valence-electron chi connectivity index (χ4n) is 1.69. The van der Waals surface area contributed by atoms with Gasteiger partial charge in [0.05, 0.1) is 18.8 Å². The van der Waals surface area contributed by atoms with Gasteiger partial charge in [0, 0.05) is 25.6 Å². The molecule has 1 saturated heterocycles. The second-order valence-corrected chi connectivity index (χ2v) is 3.59. The fraction of sp³-hybridized carbons (Fsp3) is 0.875. The molecule has 14 heavy (non-hydrogen) atoms. The summed E-state index contributed by atoms with van der Waals surface area (Å²) < 4.78 is 0. The van der Waals surface area contributed by atoms with E-state index in [1.165, 1.54) is 4.90 Å². The van der Waals surface area contributed by atoms with Gasteiger partial charge >= 0.3 is 5.97 Å². The van der Waals surface area contributed by atoms with Crippen molar-refractivity contribution in [3.8, 4) is 0 Å². The number of nitrogens with zero attached hydrogens (tertiary/aromatic N) is 1. The van der Waals surface area contributed by atoms with Gasteiger partial charge in [0.1, 0.15) is 0 Å². The highest BCUT2D eigenvalue weighted by Crippen LogP contribution is 2.16. The number of aliphatic carboxylic acids is 1. The van der Waals surface area contributed by atoms with Gasteiger partial charge in [-0.15, -0.1) is 0 Å². The molecule has 0 amide bonds. The number of carbonyl (C=O) groups is 1. The lowest BCUT2D eigenvalue weighted by atomic mass is 9.93. The molecule has 1 aliphatic heterocycles. The Morgan fingerprint density at radius 1 is 1.36 bits per heavy atom. The molecule has 0 unspecified atom stereocenters. The van der Waals surface area contributed by atoms with Crippen molar-refractivity contribution >= 4 is 5.97 Å². The fourth-order valence-corrected chi connectivity index (χ4v) is 1.69. The number of aliphatic hydroxyl groups is 3. The minimum Gasteiger partial charge on any atom is -0.480 e. The third kappa shape index (κ3) is 2.65. The van der Waals surface area contributed by atoms with Crippen LogP contribution in [0.15, 0.2) is 0 Å². The van der Waals surface area contributed by atoms with Crippen LogP contribution in [0.25, 0.3) is 0 Å². The lowest BCUT2D eigenvalue weighted by Gasteiger charge is -2.37.